The van der Waals surface area contributed by atoms with E-state index in [4.69, 9.17) is 0 Å². The fourth-order valence-electron chi connectivity index (χ4n) is 6.13. The van der Waals surface area contributed by atoms with Crippen molar-refractivity contribution in [1.82, 2.24) is 4.98 Å². The summed E-state index contributed by atoms with van der Waals surface area (Å²) in [7, 11) is 0. The molecule has 19 heavy (non-hydrogen) atoms. The Bertz CT molecular complexity index is 508. The lowest BCUT2D eigenvalue weighted by Crippen LogP contribution is -2.61. The van der Waals surface area contributed by atoms with Crippen LogP contribution in [0.5, 0.6) is 0 Å². The maximum Gasteiger partial charge on any atom is 0.184 e. The number of thiazole rings is 1. The number of nitrogens with one attached hydrogen (secondary N) is 1. The third kappa shape index (κ3) is 2.06. The minimum Gasteiger partial charge on any atom is -0.356 e. The summed E-state index contributed by atoms with van der Waals surface area (Å²) in [5, 5.41) is 7.01. The van der Waals surface area contributed by atoms with Crippen molar-refractivity contribution in [2.24, 2.45) is 16.7 Å². The zero-order valence-electron chi connectivity index (χ0n) is 11.6. The molecular formula is C15H21BrN2S. The molecule has 1 aromatic rings. The van der Waals surface area contributed by atoms with E-state index in [0.717, 1.165) is 15.7 Å². The van der Waals surface area contributed by atoms with Gasteiger partial charge in [0, 0.05) is 10.9 Å². The van der Waals surface area contributed by atoms with Gasteiger partial charge in [0.05, 0.1) is 0 Å². The van der Waals surface area contributed by atoms with Crippen molar-refractivity contribution in [1.29, 1.82) is 0 Å². The highest BCUT2D eigenvalue weighted by Gasteiger charge is 2.60. The Hall–Kier alpha value is -0.0900. The van der Waals surface area contributed by atoms with E-state index in [1.807, 2.05) is 0 Å². The summed E-state index contributed by atoms with van der Waals surface area (Å²) in [6.07, 6.45) is 8.37. The quantitative estimate of drug-likeness (QED) is 0.813. The number of halogens is 1. The van der Waals surface area contributed by atoms with Gasteiger partial charge < -0.3 is 5.32 Å². The van der Waals surface area contributed by atoms with E-state index >= 15 is 0 Å². The van der Waals surface area contributed by atoms with Gasteiger partial charge in [0.25, 0.3) is 0 Å². The van der Waals surface area contributed by atoms with Crippen molar-refractivity contribution in [2.75, 3.05) is 5.32 Å². The van der Waals surface area contributed by atoms with Crippen LogP contribution in [0.1, 0.15) is 52.4 Å². The number of hydrogen-bond donors (Lipinski definition) is 1. The monoisotopic (exact) mass is 340 g/mol. The summed E-state index contributed by atoms with van der Waals surface area (Å²) in [6, 6.07) is 0. The molecule has 0 aromatic carbocycles. The topological polar surface area (TPSA) is 24.9 Å². The number of nitrogens with zero attached hydrogens (tertiary/aromatic N) is 1. The molecule has 4 bridgehead atoms. The molecule has 4 heteroatoms. The van der Waals surface area contributed by atoms with E-state index in [1.165, 1.54) is 38.5 Å². The summed E-state index contributed by atoms with van der Waals surface area (Å²) in [4.78, 5) is 4.56. The molecule has 5 rings (SSSR count). The summed E-state index contributed by atoms with van der Waals surface area (Å²) in [5.41, 5.74) is 1.45. The van der Waals surface area contributed by atoms with Crippen LogP contribution in [0.2, 0.25) is 0 Å². The minimum atomic E-state index is 0.320. The van der Waals surface area contributed by atoms with Gasteiger partial charge in [0.2, 0.25) is 0 Å². The maximum atomic E-state index is 4.56. The molecule has 1 N–H and O–H groups in total. The van der Waals surface area contributed by atoms with Crippen molar-refractivity contribution in [3.8, 4) is 0 Å². The van der Waals surface area contributed by atoms with Gasteiger partial charge in [0.15, 0.2) is 5.13 Å². The van der Waals surface area contributed by atoms with Crippen molar-refractivity contribution in [2.45, 2.75) is 57.9 Å². The van der Waals surface area contributed by atoms with Crippen LogP contribution >= 0.6 is 27.3 Å². The van der Waals surface area contributed by atoms with Crippen LogP contribution in [0, 0.1) is 16.7 Å². The van der Waals surface area contributed by atoms with Gasteiger partial charge >= 0.3 is 0 Å². The Balaban J connectivity index is 1.67. The van der Waals surface area contributed by atoms with Crippen LogP contribution in [-0.4, -0.2) is 10.5 Å². The second-order valence-electron chi connectivity index (χ2n) is 8.01. The Kier molecular flexibility index (Phi) is 2.50. The fraction of sp³-hybridized carbons (Fsp3) is 0.800. The normalized spacial score (nSPS) is 47.6. The summed E-state index contributed by atoms with van der Waals surface area (Å²) in [6.45, 7) is 5.04. The first kappa shape index (κ1) is 12.6. The molecule has 4 aliphatic carbocycles. The lowest BCUT2D eigenvalue weighted by atomic mass is 9.43. The number of aromatic nitrogens is 1. The largest absolute Gasteiger partial charge is 0.356 e. The highest BCUT2D eigenvalue weighted by Crippen LogP contribution is 2.66. The van der Waals surface area contributed by atoms with Gasteiger partial charge in [-0.25, -0.2) is 4.98 Å². The third-order valence-electron chi connectivity index (χ3n) is 5.47. The van der Waals surface area contributed by atoms with Gasteiger partial charge in [0.1, 0.15) is 4.60 Å². The van der Waals surface area contributed by atoms with Crippen molar-refractivity contribution < 1.29 is 0 Å². The van der Waals surface area contributed by atoms with Gasteiger partial charge in [-0.2, -0.15) is 0 Å². The number of anilines is 1. The highest BCUT2D eigenvalue weighted by molar-refractivity contribution is 9.10. The molecule has 104 valence electrons. The zero-order valence-corrected chi connectivity index (χ0v) is 14.0. The van der Waals surface area contributed by atoms with E-state index < -0.39 is 0 Å². The van der Waals surface area contributed by atoms with Crippen molar-refractivity contribution in [3.05, 3.63) is 9.98 Å². The average molecular weight is 341 g/mol. The lowest BCUT2D eigenvalue weighted by molar-refractivity contribution is -0.0972. The van der Waals surface area contributed by atoms with Crippen LogP contribution in [0.4, 0.5) is 5.13 Å². The molecule has 1 heterocycles. The van der Waals surface area contributed by atoms with Crippen LogP contribution in [0.25, 0.3) is 0 Å². The van der Waals surface area contributed by atoms with E-state index in [2.05, 4.69) is 45.5 Å². The number of rotatable bonds is 2. The molecule has 4 fully saturated rings. The molecule has 2 nitrogen and oxygen atoms in total. The van der Waals surface area contributed by atoms with E-state index in [9.17, 15) is 0 Å². The molecule has 0 aliphatic heterocycles. The SMILES string of the molecule is CC12CC3CC(C)(C1)CC(Nc1nc(Br)cs1)(C3)C2. The predicted molar refractivity (Wildman–Crippen MR) is 83.6 cm³/mol. The molecule has 0 amide bonds. The first-order valence-corrected chi connectivity index (χ1v) is 8.94. The summed E-state index contributed by atoms with van der Waals surface area (Å²) in [5.74, 6) is 0.933. The molecular weight excluding hydrogens is 320 g/mol. The molecule has 4 aliphatic rings. The van der Waals surface area contributed by atoms with Crippen LogP contribution < -0.4 is 5.32 Å². The second-order valence-corrected chi connectivity index (χ2v) is 9.68. The Morgan fingerprint density at radius 1 is 1.21 bits per heavy atom. The molecule has 2 atom stereocenters. The van der Waals surface area contributed by atoms with Gasteiger partial charge in [-0.05, 0) is 71.2 Å². The van der Waals surface area contributed by atoms with E-state index in [-0.39, 0.29) is 0 Å². The third-order valence-corrected chi connectivity index (χ3v) is 6.94. The minimum absolute atomic E-state index is 0.320. The van der Waals surface area contributed by atoms with E-state index in [0.29, 0.717) is 16.4 Å². The molecule has 1 aromatic heterocycles. The standard InChI is InChI=1S/C15H21BrN2S/c1-13-3-10-4-14(2,7-13)9-15(5-10,8-13)18-12-17-11(16)6-19-12/h6,10H,3-5,7-9H2,1-2H3,(H,17,18). The number of hydrogen-bond acceptors (Lipinski definition) is 3. The van der Waals surface area contributed by atoms with Crippen LogP contribution in [-0.2, 0) is 0 Å². The smallest absolute Gasteiger partial charge is 0.184 e. The maximum absolute atomic E-state index is 4.56. The first-order valence-electron chi connectivity index (χ1n) is 7.27. The average Bonchev–Trinajstić information content (AvgIpc) is 2.56. The fourth-order valence-corrected chi connectivity index (χ4v) is 7.39. The molecule has 2 unspecified atom stereocenters. The van der Waals surface area contributed by atoms with E-state index in [1.54, 1.807) is 11.3 Å². The Morgan fingerprint density at radius 3 is 2.42 bits per heavy atom. The second kappa shape index (κ2) is 3.76. The highest BCUT2D eigenvalue weighted by atomic mass is 79.9. The molecule has 4 saturated carbocycles. The lowest BCUT2D eigenvalue weighted by Gasteiger charge is -2.65. The van der Waals surface area contributed by atoms with Crippen LogP contribution in [0.3, 0.4) is 0 Å². The van der Waals surface area contributed by atoms with Gasteiger partial charge in [-0.1, -0.05) is 13.8 Å². The van der Waals surface area contributed by atoms with Crippen molar-refractivity contribution >= 4 is 32.4 Å². The van der Waals surface area contributed by atoms with Crippen LogP contribution in [0.15, 0.2) is 9.98 Å². The first-order chi connectivity index (χ1) is 8.88. The van der Waals surface area contributed by atoms with Gasteiger partial charge in [-0.3, -0.25) is 0 Å². The predicted octanol–water partition coefficient (Wildman–Crippen LogP) is 5.07. The summed E-state index contributed by atoms with van der Waals surface area (Å²) < 4.78 is 0.960. The summed E-state index contributed by atoms with van der Waals surface area (Å²) >= 11 is 5.19. The Labute approximate surface area is 127 Å². The van der Waals surface area contributed by atoms with Crippen molar-refractivity contribution in [3.63, 3.8) is 0 Å². The Morgan fingerprint density at radius 2 is 1.89 bits per heavy atom. The van der Waals surface area contributed by atoms with Gasteiger partial charge in [-0.15, -0.1) is 11.3 Å². The zero-order chi connectivity index (χ0) is 13.3. The molecule has 0 spiro atoms. The molecule has 0 saturated heterocycles. The molecule has 0 radical (unpaired) electrons.